The van der Waals surface area contributed by atoms with E-state index in [9.17, 15) is 4.39 Å². The lowest BCUT2D eigenvalue weighted by Crippen LogP contribution is -2.31. The van der Waals surface area contributed by atoms with Crippen molar-refractivity contribution in [2.45, 2.75) is 19.4 Å². The molecule has 0 aliphatic carbocycles. The molecule has 2 aromatic carbocycles. The maximum atomic E-state index is 13.9. The Bertz CT molecular complexity index is 551. The number of para-hydroxylation sites is 1. The second-order valence-corrected chi connectivity index (χ2v) is 4.91. The van der Waals surface area contributed by atoms with Crippen LogP contribution in [0.15, 0.2) is 48.5 Å². The van der Waals surface area contributed by atoms with Crippen LogP contribution in [0.4, 0.5) is 10.1 Å². The average Bonchev–Trinajstić information content (AvgIpc) is 2.49. The van der Waals surface area contributed by atoms with Crippen LogP contribution < -0.4 is 10.6 Å². The minimum atomic E-state index is -0.223. The molecule has 3 heteroatoms. The summed E-state index contributed by atoms with van der Waals surface area (Å²) in [5.74, 6) is -0.223. The van der Waals surface area contributed by atoms with Crippen molar-refractivity contribution >= 4 is 5.69 Å². The van der Waals surface area contributed by atoms with Crippen LogP contribution in [0.1, 0.15) is 24.1 Å². The molecule has 1 unspecified atom stereocenters. The highest BCUT2D eigenvalue weighted by Crippen LogP contribution is 2.27. The summed E-state index contributed by atoms with van der Waals surface area (Å²) in [6.45, 7) is 2.57. The van der Waals surface area contributed by atoms with Crippen molar-refractivity contribution in [1.29, 1.82) is 0 Å². The van der Waals surface area contributed by atoms with E-state index >= 15 is 0 Å². The van der Waals surface area contributed by atoms with Gasteiger partial charge in [0.2, 0.25) is 0 Å². The molecule has 20 heavy (non-hydrogen) atoms. The van der Waals surface area contributed by atoms with Crippen LogP contribution in [0.2, 0.25) is 0 Å². The number of halogens is 1. The van der Waals surface area contributed by atoms with Gasteiger partial charge in [0, 0.05) is 13.6 Å². The minimum absolute atomic E-state index is 0.0298. The number of nitrogens with zero attached hydrogens (tertiary/aromatic N) is 1. The highest BCUT2D eigenvalue weighted by Gasteiger charge is 2.18. The highest BCUT2D eigenvalue weighted by molar-refractivity contribution is 5.49. The topological polar surface area (TPSA) is 29.3 Å². The van der Waals surface area contributed by atoms with E-state index in [2.05, 4.69) is 31.2 Å². The van der Waals surface area contributed by atoms with Crippen molar-refractivity contribution in [1.82, 2.24) is 0 Å². The number of hydrogen-bond donors (Lipinski definition) is 1. The minimum Gasteiger partial charge on any atom is -0.364 e. The summed E-state index contributed by atoms with van der Waals surface area (Å²) < 4.78 is 13.9. The molecular formula is C17H21FN2. The van der Waals surface area contributed by atoms with Crippen molar-refractivity contribution in [3.8, 4) is 0 Å². The maximum Gasteiger partial charge on any atom is 0.146 e. The van der Waals surface area contributed by atoms with Gasteiger partial charge in [-0.15, -0.1) is 0 Å². The zero-order valence-electron chi connectivity index (χ0n) is 12.0. The smallest absolute Gasteiger partial charge is 0.146 e. The van der Waals surface area contributed by atoms with E-state index in [1.807, 2.05) is 18.0 Å². The number of likely N-dealkylation sites (N-methyl/N-ethyl adjacent to an activating group) is 1. The van der Waals surface area contributed by atoms with E-state index in [4.69, 9.17) is 5.73 Å². The Morgan fingerprint density at radius 1 is 1.10 bits per heavy atom. The van der Waals surface area contributed by atoms with Gasteiger partial charge in [0.15, 0.2) is 0 Å². The largest absolute Gasteiger partial charge is 0.364 e. The molecule has 2 aromatic rings. The quantitative estimate of drug-likeness (QED) is 0.902. The summed E-state index contributed by atoms with van der Waals surface area (Å²) >= 11 is 0. The molecular weight excluding hydrogens is 251 g/mol. The summed E-state index contributed by atoms with van der Waals surface area (Å²) in [5.41, 5.74) is 8.87. The third-order valence-corrected chi connectivity index (χ3v) is 3.70. The summed E-state index contributed by atoms with van der Waals surface area (Å²) in [6.07, 6.45) is 1.01. The van der Waals surface area contributed by atoms with Crippen LogP contribution in [-0.4, -0.2) is 13.6 Å². The molecule has 0 radical (unpaired) electrons. The number of nitrogens with two attached hydrogens (primary N) is 1. The van der Waals surface area contributed by atoms with Gasteiger partial charge in [-0.3, -0.25) is 0 Å². The van der Waals surface area contributed by atoms with Crippen LogP contribution >= 0.6 is 0 Å². The van der Waals surface area contributed by atoms with Gasteiger partial charge in [-0.05, 0) is 29.7 Å². The SMILES string of the molecule is CCc1ccc(C(CN)N(C)c2ccccc2F)cc1. The Labute approximate surface area is 120 Å². The number of aryl methyl sites for hydroxylation is 1. The van der Waals surface area contributed by atoms with E-state index in [0.717, 1.165) is 12.0 Å². The van der Waals surface area contributed by atoms with Crippen molar-refractivity contribution < 1.29 is 4.39 Å². The highest BCUT2D eigenvalue weighted by atomic mass is 19.1. The van der Waals surface area contributed by atoms with Gasteiger partial charge in [0.05, 0.1) is 11.7 Å². The number of rotatable bonds is 5. The molecule has 0 aromatic heterocycles. The van der Waals surface area contributed by atoms with Crippen LogP contribution in [-0.2, 0) is 6.42 Å². The van der Waals surface area contributed by atoms with E-state index in [1.54, 1.807) is 12.1 Å². The van der Waals surface area contributed by atoms with Crippen molar-refractivity contribution in [3.05, 3.63) is 65.5 Å². The lowest BCUT2D eigenvalue weighted by atomic mass is 10.0. The van der Waals surface area contributed by atoms with E-state index in [0.29, 0.717) is 12.2 Å². The molecule has 0 aliphatic rings. The molecule has 0 saturated carbocycles. The van der Waals surface area contributed by atoms with Crippen molar-refractivity contribution in [3.63, 3.8) is 0 Å². The van der Waals surface area contributed by atoms with Gasteiger partial charge in [-0.1, -0.05) is 43.3 Å². The van der Waals surface area contributed by atoms with Crippen LogP contribution in [0.5, 0.6) is 0 Å². The molecule has 0 amide bonds. The fourth-order valence-electron chi connectivity index (χ4n) is 2.40. The van der Waals surface area contributed by atoms with Crippen LogP contribution in [0, 0.1) is 5.82 Å². The normalized spacial score (nSPS) is 12.2. The van der Waals surface area contributed by atoms with Crippen molar-refractivity contribution in [2.24, 2.45) is 5.73 Å². The molecule has 106 valence electrons. The Morgan fingerprint density at radius 2 is 1.75 bits per heavy atom. The summed E-state index contributed by atoms with van der Waals surface area (Å²) in [5, 5.41) is 0. The first-order valence-electron chi connectivity index (χ1n) is 6.93. The molecule has 0 spiro atoms. The Morgan fingerprint density at radius 3 is 2.30 bits per heavy atom. The van der Waals surface area contributed by atoms with Crippen LogP contribution in [0.3, 0.4) is 0 Å². The van der Waals surface area contributed by atoms with E-state index < -0.39 is 0 Å². The standard InChI is InChI=1S/C17H21FN2/c1-3-13-8-10-14(11-9-13)17(12-19)20(2)16-7-5-4-6-15(16)18/h4-11,17H,3,12,19H2,1-2H3. The zero-order valence-corrected chi connectivity index (χ0v) is 12.0. The molecule has 0 fully saturated rings. The second kappa shape index (κ2) is 6.53. The first-order chi connectivity index (χ1) is 9.67. The molecule has 0 heterocycles. The van der Waals surface area contributed by atoms with Gasteiger partial charge in [0.25, 0.3) is 0 Å². The fraction of sp³-hybridized carbons (Fsp3) is 0.294. The van der Waals surface area contributed by atoms with Gasteiger partial charge >= 0.3 is 0 Å². The number of benzene rings is 2. The zero-order chi connectivity index (χ0) is 14.5. The number of anilines is 1. The predicted molar refractivity (Wildman–Crippen MR) is 82.4 cm³/mol. The molecule has 1 atom stereocenters. The summed E-state index contributed by atoms with van der Waals surface area (Å²) in [4.78, 5) is 1.90. The first-order valence-corrected chi connectivity index (χ1v) is 6.93. The number of hydrogen-bond acceptors (Lipinski definition) is 2. The van der Waals surface area contributed by atoms with Crippen molar-refractivity contribution in [2.75, 3.05) is 18.5 Å². The monoisotopic (exact) mass is 272 g/mol. The molecule has 2 nitrogen and oxygen atoms in total. The predicted octanol–water partition coefficient (Wildman–Crippen LogP) is 3.52. The Balaban J connectivity index is 2.29. The van der Waals surface area contributed by atoms with E-state index in [-0.39, 0.29) is 11.9 Å². The lowest BCUT2D eigenvalue weighted by Gasteiger charge is -2.30. The van der Waals surface area contributed by atoms with Gasteiger partial charge in [-0.25, -0.2) is 4.39 Å². The average molecular weight is 272 g/mol. The molecule has 2 N–H and O–H groups in total. The molecule has 0 aliphatic heterocycles. The third-order valence-electron chi connectivity index (χ3n) is 3.70. The summed E-state index contributed by atoms with van der Waals surface area (Å²) in [7, 11) is 1.88. The second-order valence-electron chi connectivity index (χ2n) is 4.91. The fourth-order valence-corrected chi connectivity index (χ4v) is 2.40. The van der Waals surface area contributed by atoms with Gasteiger partial charge < -0.3 is 10.6 Å². The third kappa shape index (κ3) is 2.99. The Kier molecular flexibility index (Phi) is 4.74. The summed E-state index contributed by atoms with van der Waals surface area (Å²) in [6, 6.07) is 15.1. The lowest BCUT2D eigenvalue weighted by molar-refractivity contribution is 0.603. The van der Waals surface area contributed by atoms with E-state index in [1.165, 1.54) is 11.6 Å². The van der Waals surface area contributed by atoms with Crippen LogP contribution in [0.25, 0.3) is 0 Å². The first kappa shape index (κ1) is 14.5. The Hall–Kier alpha value is -1.87. The van der Waals surface area contributed by atoms with Gasteiger partial charge in [-0.2, -0.15) is 0 Å². The van der Waals surface area contributed by atoms with Gasteiger partial charge in [0.1, 0.15) is 5.82 Å². The molecule has 0 bridgehead atoms. The molecule has 0 saturated heterocycles. The maximum absolute atomic E-state index is 13.9. The molecule has 2 rings (SSSR count).